The van der Waals surface area contributed by atoms with Gasteiger partial charge < -0.3 is 5.11 Å². The quantitative estimate of drug-likeness (QED) is 0.427. The van der Waals surface area contributed by atoms with Crippen LogP contribution in [0, 0.1) is 0 Å². The van der Waals surface area contributed by atoms with Gasteiger partial charge in [0.2, 0.25) is 0 Å². The molecule has 0 spiro atoms. The van der Waals surface area contributed by atoms with Crippen LogP contribution in [0.2, 0.25) is 0 Å². The van der Waals surface area contributed by atoms with Gasteiger partial charge in [0.1, 0.15) is 0 Å². The first-order valence-corrected chi connectivity index (χ1v) is 9.98. The number of rotatable bonds is 12. The van der Waals surface area contributed by atoms with E-state index in [1.54, 1.807) is 6.92 Å². The third-order valence-corrected chi connectivity index (χ3v) is 3.54. The number of carboxylic acids is 1. The molecule has 21 heavy (non-hydrogen) atoms. The Morgan fingerprint density at radius 1 is 0.905 bits per heavy atom. The Morgan fingerprint density at radius 3 is 1.71 bits per heavy atom. The zero-order valence-corrected chi connectivity index (χ0v) is 16.2. The predicted octanol–water partition coefficient (Wildman–Crippen LogP) is 3.63. The van der Waals surface area contributed by atoms with Crippen molar-refractivity contribution in [1.82, 2.24) is 5.32 Å². The molecule has 0 aliphatic carbocycles. The number of carbonyl (C=O) groups excluding carboxylic acids is 1. The molecule has 4 nitrogen and oxygen atoms in total. The van der Waals surface area contributed by atoms with Crippen LogP contribution in [-0.4, -0.2) is 48.7 Å². The summed E-state index contributed by atoms with van der Waals surface area (Å²) in [4.78, 5) is 20.5. The fourth-order valence-electron chi connectivity index (χ4n) is 1.88. The first-order valence-electron chi connectivity index (χ1n) is 8.56. The van der Waals surface area contributed by atoms with Crippen molar-refractivity contribution in [2.45, 2.75) is 84.5 Å². The molecule has 0 aromatic rings. The van der Waals surface area contributed by atoms with Crippen LogP contribution in [0.5, 0.6) is 0 Å². The van der Waals surface area contributed by atoms with Crippen molar-refractivity contribution in [2.24, 2.45) is 0 Å². The monoisotopic (exact) mass is 309 g/mol. The van der Waals surface area contributed by atoms with E-state index in [4.69, 9.17) is 5.11 Å². The Kier molecular flexibility index (Phi) is 22.0. The maximum atomic E-state index is 11.2. The predicted molar refractivity (Wildman–Crippen MR) is 88.5 cm³/mol. The van der Waals surface area contributed by atoms with Crippen molar-refractivity contribution < 1.29 is 14.7 Å². The van der Waals surface area contributed by atoms with E-state index < -0.39 is 5.97 Å². The maximum absolute atomic E-state index is 11.2. The standard InChI is InChI=1S/C13H26NO.C3H6O2.Na/c1-3-4-5-6-7-8-9-10-11-12-13(15)14-2;1-2-3(4)5;/h2-12H2,1H3,(H,14,15);2H2,1H3,(H,4,5);. The van der Waals surface area contributed by atoms with Crippen molar-refractivity contribution in [3.05, 3.63) is 0 Å². The van der Waals surface area contributed by atoms with E-state index in [1.807, 2.05) is 0 Å². The van der Waals surface area contributed by atoms with Crippen LogP contribution in [0.25, 0.3) is 0 Å². The number of carbonyl (C=O) groups is 2. The second-order valence-corrected chi connectivity index (χ2v) is 5.99. The molecule has 0 saturated carbocycles. The third kappa shape index (κ3) is 25.3. The molecule has 0 saturated heterocycles. The summed E-state index contributed by atoms with van der Waals surface area (Å²) < 4.78 is 0.899. The van der Waals surface area contributed by atoms with E-state index in [0.717, 1.165) is 44.6 Å². The topological polar surface area (TPSA) is 66.4 Å². The zero-order valence-electron chi connectivity index (χ0n) is 14.2. The number of hydrogen-bond donors (Lipinski definition) is 2. The first kappa shape index (κ1) is 23.2. The molecule has 1 amide bonds. The minimum atomic E-state index is -0.745. The summed E-state index contributed by atoms with van der Waals surface area (Å²) in [6, 6.07) is 0. The first-order chi connectivity index (χ1) is 10.1. The molecule has 120 valence electrons. The minimum absolute atomic E-state index is 0.222. The van der Waals surface area contributed by atoms with Crippen molar-refractivity contribution in [1.29, 1.82) is 0 Å². The van der Waals surface area contributed by atoms with Gasteiger partial charge in [-0.1, -0.05) is 20.3 Å². The van der Waals surface area contributed by atoms with E-state index >= 15 is 0 Å². The third-order valence-electron chi connectivity index (χ3n) is 3.18. The molecule has 0 aliphatic rings. The fraction of sp³-hybridized carbons (Fsp3) is 0.875. The van der Waals surface area contributed by atoms with Crippen molar-refractivity contribution in [3.8, 4) is 0 Å². The van der Waals surface area contributed by atoms with Gasteiger partial charge in [-0.15, -0.1) is 0 Å². The molecule has 0 fully saturated rings. The van der Waals surface area contributed by atoms with Crippen LogP contribution in [-0.2, 0) is 9.59 Å². The Hall–Kier alpha value is -0.0600. The van der Waals surface area contributed by atoms with Crippen LogP contribution >= 0.6 is 0 Å². The van der Waals surface area contributed by atoms with Gasteiger partial charge in [0.05, 0.1) is 0 Å². The Bertz CT molecular complexity index is 248. The average Bonchev–Trinajstić information content (AvgIpc) is 2.46. The fourth-order valence-corrected chi connectivity index (χ4v) is 2.28. The van der Waals surface area contributed by atoms with Gasteiger partial charge >= 0.3 is 112 Å². The molecule has 0 bridgehead atoms. The molecule has 0 heterocycles. The van der Waals surface area contributed by atoms with Crippen LogP contribution < -0.4 is 5.32 Å². The second-order valence-electron chi connectivity index (χ2n) is 5.28. The van der Waals surface area contributed by atoms with Gasteiger partial charge in [-0.25, -0.2) is 0 Å². The summed E-state index contributed by atoms with van der Waals surface area (Å²) in [6.07, 6.45) is 12.8. The average molecular weight is 309 g/mol. The van der Waals surface area contributed by atoms with E-state index in [-0.39, 0.29) is 12.3 Å². The zero-order chi connectivity index (χ0) is 16.3. The number of aliphatic carboxylic acids is 1. The number of amides is 1. The Balaban J connectivity index is 0. The van der Waals surface area contributed by atoms with Gasteiger partial charge in [-0.05, 0) is 0 Å². The van der Waals surface area contributed by atoms with E-state index in [9.17, 15) is 9.59 Å². The molecular weight excluding hydrogens is 277 g/mol. The molecule has 5 heteroatoms. The molecule has 0 aromatic heterocycles. The summed E-state index contributed by atoms with van der Waals surface area (Å²) in [7, 11) is 0. The Labute approximate surface area is 147 Å². The summed E-state index contributed by atoms with van der Waals surface area (Å²) in [5, 5.41) is 10.6. The van der Waals surface area contributed by atoms with Crippen molar-refractivity contribution >= 4 is 39.8 Å². The van der Waals surface area contributed by atoms with Crippen molar-refractivity contribution in [2.75, 3.05) is 3.79 Å². The normalized spacial score (nSPS) is 9.71. The van der Waals surface area contributed by atoms with Crippen LogP contribution in [0.4, 0.5) is 0 Å². The number of carboxylic acid groups (broad SMARTS) is 1. The summed E-state index contributed by atoms with van der Waals surface area (Å²) in [6.45, 7) is 3.85. The molecule has 0 aliphatic heterocycles. The molecular formula is C16H32NNaO3. The molecule has 0 rings (SSSR count). The van der Waals surface area contributed by atoms with Crippen LogP contribution in [0.1, 0.15) is 84.5 Å². The molecule has 0 radical (unpaired) electrons. The van der Waals surface area contributed by atoms with Gasteiger partial charge in [0.15, 0.2) is 0 Å². The van der Waals surface area contributed by atoms with Crippen LogP contribution in [0.15, 0.2) is 0 Å². The number of nitrogens with one attached hydrogen (secondary N) is 1. The molecule has 0 aromatic carbocycles. The summed E-state index contributed by atoms with van der Waals surface area (Å²) in [5.74, 6) is -0.497. The van der Waals surface area contributed by atoms with Gasteiger partial charge in [0, 0.05) is 6.42 Å². The van der Waals surface area contributed by atoms with E-state index in [0.29, 0.717) is 0 Å². The number of unbranched alkanes of at least 4 members (excludes halogenated alkanes) is 8. The van der Waals surface area contributed by atoms with Gasteiger partial charge in [0.25, 0.3) is 0 Å². The van der Waals surface area contributed by atoms with Gasteiger partial charge in [-0.2, -0.15) is 0 Å². The molecule has 0 atom stereocenters. The van der Waals surface area contributed by atoms with Crippen molar-refractivity contribution in [3.63, 3.8) is 0 Å². The van der Waals surface area contributed by atoms with Crippen LogP contribution in [0.3, 0.4) is 0 Å². The molecule has 2 N–H and O–H groups in total. The number of hydrogen-bond acceptors (Lipinski definition) is 2. The van der Waals surface area contributed by atoms with E-state index in [2.05, 4.69) is 12.2 Å². The second kappa shape index (κ2) is 19.9. The molecule has 0 unspecified atom stereocenters. The van der Waals surface area contributed by atoms with Gasteiger partial charge in [-0.3, -0.25) is 4.79 Å². The Morgan fingerprint density at radius 2 is 1.33 bits per heavy atom. The van der Waals surface area contributed by atoms with E-state index in [1.165, 1.54) is 51.4 Å². The summed E-state index contributed by atoms with van der Waals surface area (Å²) >= 11 is 1.07. The SMILES string of the molecule is CCC(=O)O.CCCCCCCCCCCC(=O)N[CH2][Na]. The summed E-state index contributed by atoms with van der Waals surface area (Å²) in [5.41, 5.74) is 0.